The van der Waals surface area contributed by atoms with E-state index in [1.165, 1.54) is 6.20 Å². The lowest BCUT2D eigenvalue weighted by Gasteiger charge is -2.40. The van der Waals surface area contributed by atoms with E-state index in [1.54, 1.807) is 35.1 Å². The molecule has 2 aliphatic rings. The Hall–Kier alpha value is -3.51. The Kier molecular flexibility index (Phi) is 9.83. The number of fused-ring (bicyclic) bond motifs is 1. The highest BCUT2D eigenvalue weighted by molar-refractivity contribution is 6.00. The van der Waals surface area contributed by atoms with Crippen molar-refractivity contribution in [2.75, 3.05) is 38.2 Å². The number of allylic oxidation sites excluding steroid dienone is 1. The Morgan fingerprint density at radius 3 is 2.56 bits per heavy atom. The van der Waals surface area contributed by atoms with Crippen LogP contribution in [0.25, 0.3) is 16.3 Å². The van der Waals surface area contributed by atoms with Crippen LogP contribution in [0.15, 0.2) is 43.2 Å². The van der Waals surface area contributed by atoms with Crippen LogP contribution in [0.1, 0.15) is 68.2 Å². The molecule has 0 spiro atoms. The molecule has 2 N–H and O–H groups in total. The summed E-state index contributed by atoms with van der Waals surface area (Å²) in [6.07, 6.45) is 0.00887. The van der Waals surface area contributed by atoms with Crippen LogP contribution in [0, 0.1) is 0 Å². The number of ether oxygens (including phenoxy) is 1. The van der Waals surface area contributed by atoms with Crippen LogP contribution in [0.4, 0.5) is 23.2 Å². The molecule has 3 aromatic rings. The van der Waals surface area contributed by atoms with Gasteiger partial charge < -0.3 is 15.4 Å². The normalized spacial score (nSPS) is 21.5. The van der Waals surface area contributed by atoms with E-state index in [0.717, 1.165) is 19.5 Å². The fraction of sp³-hybridized carbons (Fsp3) is 0.545. The number of nitrogens with zero attached hydrogens (tertiary/aromatic N) is 4. The molecule has 2 aromatic heterocycles. The number of nitrogens with one attached hydrogen (secondary N) is 2. The van der Waals surface area contributed by atoms with Gasteiger partial charge in [0.25, 0.3) is 5.91 Å². The predicted octanol–water partition coefficient (Wildman–Crippen LogP) is 6.13. The van der Waals surface area contributed by atoms with Gasteiger partial charge in [-0.2, -0.15) is 18.3 Å². The van der Waals surface area contributed by atoms with Crippen molar-refractivity contribution in [2.45, 2.75) is 82.8 Å². The summed E-state index contributed by atoms with van der Waals surface area (Å²) in [6, 6.07) is 6.46. The van der Waals surface area contributed by atoms with Crippen LogP contribution >= 0.6 is 0 Å². The van der Waals surface area contributed by atoms with E-state index in [4.69, 9.17) is 4.74 Å². The third kappa shape index (κ3) is 7.84. The maximum Gasteiger partial charge on any atom is 0.417 e. The van der Waals surface area contributed by atoms with Crippen LogP contribution in [-0.4, -0.2) is 82.9 Å². The topological polar surface area (TPSA) is 84.3 Å². The molecular formula is C33H42F4N6O2. The Balaban J connectivity index is 1.31. The van der Waals surface area contributed by atoms with Gasteiger partial charge in [0.15, 0.2) is 0 Å². The number of carbonyl (C=O) groups is 1. The second-order valence-electron chi connectivity index (χ2n) is 12.9. The quantitative estimate of drug-likeness (QED) is 0.219. The van der Waals surface area contributed by atoms with E-state index >= 15 is 4.39 Å². The van der Waals surface area contributed by atoms with Gasteiger partial charge in [0, 0.05) is 54.0 Å². The number of aromatic nitrogens is 3. The molecule has 1 aromatic carbocycles. The molecule has 2 fully saturated rings. The molecule has 1 amide bonds. The molecule has 12 heteroatoms. The van der Waals surface area contributed by atoms with Gasteiger partial charge >= 0.3 is 6.18 Å². The number of carbonyl (C=O) groups excluding carboxylic acids is 1. The smallest absolute Gasteiger partial charge is 0.379 e. The Labute approximate surface area is 261 Å². The summed E-state index contributed by atoms with van der Waals surface area (Å²) in [5.41, 5.74) is -0.123. The highest BCUT2D eigenvalue weighted by atomic mass is 19.4. The molecule has 45 heavy (non-hydrogen) atoms. The van der Waals surface area contributed by atoms with Crippen LogP contribution in [0.3, 0.4) is 0 Å². The van der Waals surface area contributed by atoms with Crippen LogP contribution < -0.4 is 10.6 Å². The van der Waals surface area contributed by atoms with Gasteiger partial charge in [-0.05, 0) is 65.0 Å². The van der Waals surface area contributed by atoms with Gasteiger partial charge in [-0.25, -0.2) is 4.39 Å². The first-order chi connectivity index (χ1) is 21.3. The molecule has 5 rings (SSSR count). The summed E-state index contributed by atoms with van der Waals surface area (Å²) in [4.78, 5) is 19.3. The molecule has 3 heterocycles. The highest BCUT2D eigenvalue weighted by Gasteiger charge is 2.36. The third-order valence-electron chi connectivity index (χ3n) is 8.63. The number of alkyl halides is 4. The van der Waals surface area contributed by atoms with Gasteiger partial charge in [-0.3, -0.25) is 19.4 Å². The lowest BCUT2D eigenvalue weighted by molar-refractivity contribution is -0.0688. The van der Waals surface area contributed by atoms with Crippen molar-refractivity contribution in [1.29, 1.82) is 0 Å². The van der Waals surface area contributed by atoms with E-state index < -0.39 is 24.0 Å². The van der Waals surface area contributed by atoms with E-state index in [-0.39, 0.29) is 23.2 Å². The molecule has 0 bridgehead atoms. The predicted molar refractivity (Wildman–Crippen MR) is 167 cm³/mol. The molecule has 8 nitrogen and oxygen atoms in total. The number of benzene rings is 1. The summed E-state index contributed by atoms with van der Waals surface area (Å²) in [5, 5.41) is 11.2. The third-order valence-corrected chi connectivity index (χ3v) is 8.63. The minimum atomic E-state index is -4.67. The van der Waals surface area contributed by atoms with Crippen molar-refractivity contribution < 1.29 is 27.1 Å². The van der Waals surface area contributed by atoms with Gasteiger partial charge in [0.05, 0.1) is 47.8 Å². The number of rotatable bonds is 9. The Bertz CT molecular complexity index is 1510. The lowest BCUT2D eigenvalue weighted by atomic mass is 9.88. The second kappa shape index (κ2) is 13.5. The first-order valence-corrected chi connectivity index (χ1v) is 15.6. The summed E-state index contributed by atoms with van der Waals surface area (Å²) < 4.78 is 64.3. The summed E-state index contributed by atoms with van der Waals surface area (Å²) >= 11 is 0. The van der Waals surface area contributed by atoms with Gasteiger partial charge in [-0.15, -0.1) is 0 Å². The minimum Gasteiger partial charge on any atom is -0.379 e. The van der Waals surface area contributed by atoms with Crippen LogP contribution in [-0.2, 0) is 16.7 Å². The first kappa shape index (κ1) is 32.9. The molecule has 1 aliphatic heterocycles. The standard InChI is InChI=1S/C33H42F4N6O2/c1-21(33(35,36)37)30-25-8-5-9-28(41-29-11-10-24(18-27(29)34)42-13-15-45-16-14-42)26(25)17-23(40-30)7-6-12-38-31(44)22-19-39-43(20-22)32(2,3)4/h5,8-9,17,19-20,24,27,29,41H,1,6-7,10-16,18H2,2-4H3,(H,38,44)/t24-,27+,29-/m1/s1. The van der Waals surface area contributed by atoms with E-state index in [0.29, 0.717) is 73.2 Å². The van der Waals surface area contributed by atoms with Crippen molar-refractivity contribution in [1.82, 2.24) is 25.0 Å². The Morgan fingerprint density at radius 2 is 1.89 bits per heavy atom. The van der Waals surface area contributed by atoms with E-state index in [1.807, 2.05) is 20.8 Å². The van der Waals surface area contributed by atoms with Crippen LogP contribution in [0.5, 0.6) is 0 Å². The van der Waals surface area contributed by atoms with Gasteiger partial charge in [0.1, 0.15) is 6.17 Å². The summed E-state index contributed by atoms with van der Waals surface area (Å²) in [6.45, 7) is 12.5. The molecule has 1 saturated carbocycles. The molecule has 244 valence electrons. The van der Waals surface area contributed by atoms with Gasteiger partial charge in [-0.1, -0.05) is 18.7 Å². The molecular weight excluding hydrogens is 588 g/mol. The fourth-order valence-corrected chi connectivity index (χ4v) is 6.06. The molecule has 1 saturated heterocycles. The van der Waals surface area contributed by atoms with Gasteiger partial charge in [0.2, 0.25) is 0 Å². The van der Waals surface area contributed by atoms with E-state index in [2.05, 4.69) is 32.2 Å². The number of amides is 1. The monoisotopic (exact) mass is 630 g/mol. The highest BCUT2D eigenvalue weighted by Crippen LogP contribution is 2.38. The number of morpholine rings is 1. The van der Waals surface area contributed by atoms with Crippen molar-refractivity contribution in [3.05, 3.63) is 60.2 Å². The maximum absolute atomic E-state index is 15.5. The summed E-state index contributed by atoms with van der Waals surface area (Å²) in [7, 11) is 0. The average molecular weight is 631 g/mol. The van der Waals surface area contributed by atoms with Crippen molar-refractivity contribution in [3.8, 4) is 0 Å². The summed E-state index contributed by atoms with van der Waals surface area (Å²) in [5.74, 6) is -0.279. The number of hydrogen-bond acceptors (Lipinski definition) is 6. The zero-order valence-electron chi connectivity index (χ0n) is 26.1. The fourth-order valence-electron chi connectivity index (χ4n) is 6.06. The van der Waals surface area contributed by atoms with E-state index in [9.17, 15) is 18.0 Å². The largest absolute Gasteiger partial charge is 0.417 e. The van der Waals surface area contributed by atoms with Crippen molar-refractivity contribution in [3.63, 3.8) is 0 Å². The minimum absolute atomic E-state index is 0.155. The maximum atomic E-state index is 15.5. The Morgan fingerprint density at radius 1 is 1.13 bits per heavy atom. The average Bonchev–Trinajstić information content (AvgIpc) is 3.51. The zero-order valence-corrected chi connectivity index (χ0v) is 26.1. The zero-order chi connectivity index (χ0) is 32.4. The SMILES string of the molecule is C=C(c1nc(CCCNC(=O)c2cnn(C(C)(C)C)c2)cc2c(N[C@@H]3CC[C@@H](N4CCOCC4)C[C@@H]3F)cccc12)C(F)(F)F. The number of hydrogen-bond donors (Lipinski definition) is 2. The second-order valence-corrected chi connectivity index (χ2v) is 12.9. The molecule has 0 unspecified atom stereocenters. The molecule has 0 radical (unpaired) electrons. The number of pyridine rings is 1. The first-order valence-electron chi connectivity index (χ1n) is 15.6. The number of anilines is 1. The van der Waals surface area contributed by atoms with Crippen LogP contribution in [0.2, 0.25) is 0 Å². The van der Waals surface area contributed by atoms with Crippen molar-refractivity contribution in [2.24, 2.45) is 0 Å². The molecule has 1 aliphatic carbocycles. The molecule has 3 atom stereocenters. The number of halogens is 4. The van der Waals surface area contributed by atoms with Crippen molar-refractivity contribution >= 4 is 27.9 Å². The lowest BCUT2D eigenvalue weighted by Crippen LogP contribution is -2.49. The number of aryl methyl sites for hydroxylation is 1.